The molecule has 0 spiro atoms. The molecule has 0 bridgehead atoms. The minimum absolute atomic E-state index is 0.268. The molecule has 0 aliphatic rings. The first-order chi connectivity index (χ1) is 7.11. The van der Waals surface area contributed by atoms with E-state index in [9.17, 15) is 9.59 Å². The summed E-state index contributed by atoms with van der Waals surface area (Å²) < 4.78 is 0. The van der Waals surface area contributed by atoms with Crippen LogP contribution in [0.1, 0.15) is 25.7 Å². The van der Waals surface area contributed by atoms with Crippen molar-refractivity contribution in [1.29, 1.82) is 0 Å². The lowest BCUT2D eigenvalue weighted by molar-refractivity contribution is -0.142. The van der Waals surface area contributed by atoms with Gasteiger partial charge in [0.1, 0.15) is 6.04 Å². The van der Waals surface area contributed by atoms with E-state index in [1.165, 1.54) is 0 Å². The predicted octanol–water partition coefficient (Wildman–Crippen LogP) is -0.933. The van der Waals surface area contributed by atoms with Gasteiger partial charge in [-0.2, -0.15) is 0 Å². The maximum Gasteiger partial charge on any atom is 0.328 e. The fourth-order valence-corrected chi connectivity index (χ4v) is 1.06. The van der Waals surface area contributed by atoms with Crippen molar-refractivity contribution in [2.45, 2.75) is 31.7 Å². The Balaban J connectivity index is 3.67. The average molecular weight is 218 g/mol. The number of aliphatic hydroxyl groups is 1. The molecule has 0 saturated carbocycles. The Labute approximate surface area is 88.5 Å². The van der Waals surface area contributed by atoms with Gasteiger partial charge in [-0.1, -0.05) is 6.42 Å². The van der Waals surface area contributed by atoms with Crippen LogP contribution in [0.3, 0.4) is 0 Å². The molecule has 0 rings (SSSR count). The lowest BCUT2D eigenvalue weighted by Crippen LogP contribution is -2.43. The summed E-state index contributed by atoms with van der Waals surface area (Å²) in [6.07, 6.45) is 2.65. The van der Waals surface area contributed by atoms with E-state index in [1.807, 2.05) is 0 Å². The zero-order valence-corrected chi connectivity index (χ0v) is 8.61. The lowest BCUT2D eigenvalue weighted by atomic mass is 10.2. The normalized spacial score (nSPS) is 12.1. The van der Waals surface area contributed by atoms with Gasteiger partial charge >= 0.3 is 5.97 Å². The topological polar surface area (TPSA) is 113 Å². The zero-order valence-electron chi connectivity index (χ0n) is 8.61. The van der Waals surface area contributed by atoms with E-state index < -0.39 is 18.6 Å². The highest BCUT2D eigenvalue weighted by Crippen LogP contribution is 1.98. The SMILES string of the molecule is NCCCCCC(=O)N[C@@H](CO)C(=O)O. The third-order valence-electron chi connectivity index (χ3n) is 1.92. The highest BCUT2D eigenvalue weighted by molar-refractivity contribution is 5.83. The van der Waals surface area contributed by atoms with E-state index in [2.05, 4.69) is 5.32 Å². The van der Waals surface area contributed by atoms with Gasteiger partial charge in [0.25, 0.3) is 0 Å². The van der Waals surface area contributed by atoms with Crippen molar-refractivity contribution in [3.8, 4) is 0 Å². The van der Waals surface area contributed by atoms with E-state index in [4.69, 9.17) is 15.9 Å². The summed E-state index contributed by atoms with van der Waals surface area (Å²) in [7, 11) is 0. The monoisotopic (exact) mass is 218 g/mol. The highest BCUT2D eigenvalue weighted by Gasteiger charge is 2.17. The van der Waals surface area contributed by atoms with E-state index in [1.54, 1.807) is 0 Å². The van der Waals surface area contributed by atoms with Gasteiger partial charge in [0.05, 0.1) is 6.61 Å². The Morgan fingerprint density at radius 3 is 2.40 bits per heavy atom. The molecule has 88 valence electrons. The molecule has 0 heterocycles. The first-order valence-electron chi connectivity index (χ1n) is 4.95. The summed E-state index contributed by atoms with van der Waals surface area (Å²) in [4.78, 5) is 21.6. The number of nitrogens with one attached hydrogen (secondary N) is 1. The van der Waals surface area contributed by atoms with E-state index in [0.717, 1.165) is 12.8 Å². The maximum absolute atomic E-state index is 11.2. The summed E-state index contributed by atoms with van der Waals surface area (Å²) in [5.41, 5.74) is 5.28. The summed E-state index contributed by atoms with van der Waals surface area (Å²) in [6, 6.07) is -1.20. The predicted molar refractivity (Wildman–Crippen MR) is 54.2 cm³/mol. The van der Waals surface area contributed by atoms with Crippen LogP contribution in [0.15, 0.2) is 0 Å². The number of aliphatic carboxylic acids is 1. The molecule has 0 aromatic carbocycles. The summed E-state index contributed by atoms with van der Waals surface area (Å²) in [5.74, 6) is -1.58. The molecule has 0 aliphatic carbocycles. The van der Waals surface area contributed by atoms with Crippen LogP contribution in [0.25, 0.3) is 0 Å². The van der Waals surface area contributed by atoms with E-state index >= 15 is 0 Å². The van der Waals surface area contributed by atoms with Crippen molar-refractivity contribution in [3.63, 3.8) is 0 Å². The Hall–Kier alpha value is -1.14. The van der Waals surface area contributed by atoms with Gasteiger partial charge in [-0.25, -0.2) is 4.79 Å². The quantitative estimate of drug-likeness (QED) is 0.393. The summed E-state index contributed by atoms with van der Waals surface area (Å²) >= 11 is 0. The molecule has 1 atom stereocenters. The fourth-order valence-electron chi connectivity index (χ4n) is 1.06. The largest absolute Gasteiger partial charge is 0.480 e. The Bertz CT molecular complexity index is 208. The number of carboxylic acids is 1. The molecule has 0 unspecified atom stereocenters. The van der Waals surface area contributed by atoms with E-state index in [-0.39, 0.29) is 12.3 Å². The molecule has 0 aromatic rings. The van der Waals surface area contributed by atoms with Gasteiger partial charge in [-0.15, -0.1) is 0 Å². The first-order valence-corrected chi connectivity index (χ1v) is 4.95. The molecule has 0 aliphatic heterocycles. The average Bonchev–Trinajstić information content (AvgIpc) is 2.20. The first kappa shape index (κ1) is 13.9. The van der Waals surface area contributed by atoms with Crippen molar-refractivity contribution in [3.05, 3.63) is 0 Å². The van der Waals surface area contributed by atoms with Gasteiger partial charge in [-0.3, -0.25) is 4.79 Å². The van der Waals surface area contributed by atoms with Crippen LogP contribution in [0.2, 0.25) is 0 Å². The molecule has 15 heavy (non-hydrogen) atoms. The summed E-state index contributed by atoms with van der Waals surface area (Å²) in [5, 5.41) is 19.4. The number of carbonyl (C=O) groups excluding carboxylic acids is 1. The second kappa shape index (κ2) is 8.19. The second-order valence-corrected chi connectivity index (χ2v) is 3.24. The third kappa shape index (κ3) is 6.87. The van der Waals surface area contributed by atoms with Gasteiger partial charge in [0.15, 0.2) is 0 Å². The number of hydrogen-bond acceptors (Lipinski definition) is 4. The number of rotatable bonds is 8. The fraction of sp³-hybridized carbons (Fsp3) is 0.778. The lowest BCUT2D eigenvalue weighted by Gasteiger charge is -2.11. The third-order valence-corrected chi connectivity index (χ3v) is 1.92. The van der Waals surface area contributed by atoms with Crippen LogP contribution in [-0.2, 0) is 9.59 Å². The number of aliphatic hydroxyl groups excluding tert-OH is 1. The molecular weight excluding hydrogens is 200 g/mol. The number of hydrogen-bond donors (Lipinski definition) is 4. The van der Waals surface area contributed by atoms with Crippen LogP contribution in [0.5, 0.6) is 0 Å². The maximum atomic E-state index is 11.2. The van der Waals surface area contributed by atoms with Crippen molar-refractivity contribution in [2.75, 3.05) is 13.2 Å². The van der Waals surface area contributed by atoms with Crippen LogP contribution in [0, 0.1) is 0 Å². The standard InChI is InChI=1S/C9H18N2O4/c10-5-3-1-2-4-8(13)11-7(6-12)9(14)15/h7,12H,1-6,10H2,(H,11,13)(H,14,15)/t7-/m0/s1. The minimum Gasteiger partial charge on any atom is -0.480 e. The number of carbonyl (C=O) groups is 2. The second-order valence-electron chi connectivity index (χ2n) is 3.24. The minimum atomic E-state index is -1.23. The Kier molecular flexibility index (Phi) is 7.57. The van der Waals surface area contributed by atoms with Gasteiger partial charge in [0, 0.05) is 6.42 Å². The number of unbranched alkanes of at least 4 members (excludes halogenated alkanes) is 2. The molecule has 0 fully saturated rings. The highest BCUT2D eigenvalue weighted by atomic mass is 16.4. The number of amides is 1. The molecule has 0 radical (unpaired) electrons. The molecule has 5 N–H and O–H groups in total. The van der Waals surface area contributed by atoms with Gasteiger partial charge in [-0.05, 0) is 19.4 Å². The molecule has 1 amide bonds. The number of nitrogens with two attached hydrogens (primary N) is 1. The number of carboxylic acid groups (broad SMARTS) is 1. The molecule has 0 aromatic heterocycles. The molecule has 6 heteroatoms. The van der Waals surface area contributed by atoms with Gasteiger partial charge in [0.2, 0.25) is 5.91 Å². The van der Waals surface area contributed by atoms with Crippen LogP contribution >= 0.6 is 0 Å². The Morgan fingerprint density at radius 1 is 1.27 bits per heavy atom. The van der Waals surface area contributed by atoms with Crippen LogP contribution in [0.4, 0.5) is 0 Å². The molecule has 0 saturated heterocycles. The smallest absolute Gasteiger partial charge is 0.328 e. The van der Waals surface area contributed by atoms with Crippen molar-refractivity contribution < 1.29 is 19.8 Å². The van der Waals surface area contributed by atoms with Crippen molar-refractivity contribution >= 4 is 11.9 Å². The zero-order chi connectivity index (χ0) is 11.7. The van der Waals surface area contributed by atoms with Crippen molar-refractivity contribution in [1.82, 2.24) is 5.32 Å². The Morgan fingerprint density at radius 2 is 1.93 bits per heavy atom. The summed E-state index contributed by atoms with van der Waals surface area (Å²) in [6.45, 7) is -0.000116. The molecule has 6 nitrogen and oxygen atoms in total. The van der Waals surface area contributed by atoms with Crippen LogP contribution in [-0.4, -0.2) is 41.3 Å². The van der Waals surface area contributed by atoms with Gasteiger partial charge < -0.3 is 21.3 Å². The van der Waals surface area contributed by atoms with Crippen molar-refractivity contribution in [2.24, 2.45) is 5.73 Å². The molecular formula is C9H18N2O4. The van der Waals surface area contributed by atoms with E-state index in [0.29, 0.717) is 13.0 Å². The van der Waals surface area contributed by atoms with Crippen LogP contribution < -0.4 is 11.1 Å².